The first-order valence-corrected chi connectivity index (χ1v) is 21.1. The molecule has 0 saturated carbocycles. The molecule has 0 spiro atoms. The van der Waals surface area contributed by atoms with Crippen molar-refractivity contribution in [2.75, 3.05) is 0 Å². The van der Waals surface area contributed by atoms with Crippen LogP contribution in [0.1, 0.15) is 0 Å². The molecule has 6 nitrogen and oxygen atoms in total. The molecule has 0 bridgehead atoms. The molecule has 294 valence electrons. The lowest BCUT2D eigenvalue weighted by Crippen LogP contribution is -2.00. The van der Waals surface area contributed by atoms with E-state index in [0.29, 0.717) is 17.5 Å². The van der Waals surface area contributed by atoms with Gasteiger partial charge in [-0.25, -0.2) is 15.0 Å². The zero-order chi connectivity index (χ0) is 41.4. The molecule has 4 aromatic heterocycles. The van der Waals surface area contributed by atoms with Crippen LogP contribution in [0.4, 0.5) is 0 Å². The van der Waals surface area contributed by atoms with Crippen LogP contribution in [-0.2, 0) is 0 Å². The molecular weight excluding hydrogens is 773 g/mol. The molecule has 0 amide bonds. The minimum atomic E-state index is 0.549. The number of benzene rings is 9. The maximum absolute atomic E-state index is 6.84. The Morgan fingerprint density at radius 2 is 0.873 bits per heavy atom. The number of fused-ring (bicyclic) bond motifs is 9. The fourth-order valence-corrected chi connectivity index (χ4v) is 9.42. The lowest BCUT2D eigenvalue weighted by molar-refractivity contribution is 0.666. The topological polar surface area (TPSA) is 69.9 Å². The molecule has 4 heterocycles. The second-order valence-corrected chi connectivity index (χ2v) is 15.9. The molecule has 0 aliphatic carbocycles. The summed E-state index contributed by atoms with van der Waals surface area (Å²) in [6.07, 6.45) is 0. The van der Waals surface area contributed by atoms with E-state index in [-0.39, 0.29) is 0 Å². The van der Waals surface area contributed by atoms with Gasteiger partial charge < -0.3 is 13.4 Å². The first-order chi connectivity index (χ1) is 31.2. The normalized spacial score (nSPS) is 11.8. The maximum Gasteiger partial charge on any atom is 0.164 e. The Morgan fingerprint density at radius 3 is 1.63 bits per heavy atom. The molecule has 63 heavy (non-hydrogen) atoms. The van der Waals surface area contributed by atoms with Crippen molar-refractivity contribution in [1.29, 1.82) is 0 Å². The van der Waals surface area contributed by atoms with Gasteiger partial charge in [-0.2, -0.15) is 0 Å². The largest absolute Gasteiger partial charge is 0.456 e. The third-order valence-electron chi connectivity index (χ3n) is 12.3. The maximum atomic E-state index is 6.84. The summed E-state index contributed by atoms with van der Waals surface area (Å²) in [4.78, 5) is 15.5. The minimum Gasteiger partial charge on any atom is -0.456 e. The molecule has 0 unspecified atom stereocenters. The van der Waals surface area contributed by atoms with E-state index in [9.17, 15) is 0 Å². The van der Waals surface area contributed by atoms with Crippen LogP contribution in [-0.4, -0.2) is 19.5 Å². The molecule has 0 aliphatic rings. The molecular formula is C57H34N4O2. The van der Waals surface area contributed by atoms with Crippen LogP contribution in [0.2, 0.25) is 0 Å². The van der Waals surface area contributed by atoms with Gasteiger partial charge in [-0.1, -0.05) is 158 Å². The molecule has 0 radical (unpaired) electrons. The van der Waals surface area contributed by atoms with Crippen molar-refractivity contribution in [2.45, 2.75) is 0 Å². The molecule has 13 aromatic rings. The number of hydrogen-bond acceptors (Lipinski definition) is 5. The summed E-state index contributed by atoms with van der Waals surface area (Å²) in [5.74, 6) is 1.68. The Labute approximate surface area is 361 Å². The summed E-state index contributed by atoms with van der Waals surface area (Å²) in [6.45, 7) is 0. The van der Waals surface area contributed by atoms with Gasteiger partial charge in [-0.3, -0.25) is 0 Å². The fourth-order valence-electron chi connectivity index (χ4n) is 9.42. The van der Waals surface area contributed by atoms with Gasteiger partial charge in [0.15, 0.2) is 23.1 Å². The highest BCUT2D eigenvalue weighted by atomic mass is 16.3. The van der Waals surface area contributed by atoms with Gasteiger partial charge in [0.25, 0.3) is 0 Å². The van der Waals surface area contributed by atoms with Crippen LogP contribution in [0, 0.1) is 0 Å². The summed E-state index contributed by atoms with van der Waals surface area (Å²) in [5, 5.41) is 6.43. The second kappa shape index (κ2) is 14.0. The third kappa shape index (κ3) is 5.62. The number of para-hydroxylation sites is 3. The Hall–Kier alpha value is -8.61. The Kier molecular flexibility index (Phi) is 7.80. The van der Waals surface area contributed by atoms with Crippen molar-refractivity contribution in [2.24, 2.45) is 0 Å². The lowest BCUT2D eigenvalue weighted by Gasteiger charge is -2.10. The SMILES string of the molecule is c1ccc(-c2cccc(-c3cccc4oc5cc(-c6nc(-c7ccccc7)nc(-c7cccc8oc9c(-n%10c%11ccccc%11c%11ccccc%11%10)cccc9c78)n6)ccc5c34)c2)cc1. The molecule has 0 fully saturated rings. The van der Waals surface area contributed by atoms with Crippen LogP contribution < -0.4 is 0 Å². The van der Waals surface area contributed by atoms with E-state index in [2.05, 4.69) is 156 Å². The van der Waals surface area contributed by atoms with Crippen LogP contribution in [0.15, 0.2) is 215 Å². The summed E-state index contributed by atoms with van der Waals surface area (Å²) in [5.41, 5.74) is 13.5. The zero-order valence-electron chi connectivity index (χ0n) is 33.7. The highest BCUT2D eigenvalue weighted by Gasteiger charge is 2.22. The number of furan rings is 2. The predicted octanol–water partition coefficient (Wildman–Crippen LogP) is 15.1. The lowest BCUT2D eigenvalue weighted by atomic mass is 9.96. The minimum absolute atomic E-state index is 0.549. The van der Waals surface area contributed by atoms with Gasteiger partial charge in [0.05, 0.1) is 16.7 Å². The number of nitrogens with zero attached hydrogens (tertiary/aromatic N) is 4. The molecule has 6 heteroatoms. The quantitative estimate of drug-likeness (QED) is 0.167. The van der Waals surface area contributed by atoms with Crippen LogP contribution >= 0.6 is 0 Å². The summed E-state index contributed by atoms with van der Waals surface area (Å²) in [7, 11) is 0. The van der Waals surface area contributed by atoms with Gasteiger partial charge in [-0.15, -0.1) is 0 Å². The summed E-state index contributed by atoms with van der Waals surface area (Å²) < 4.78 is 15.8. The van der Waals surface area contributed by atoms with E-state index >= 15 is 0 Å². The average Bonchev–Trinajstić information content (AvgIpc) is 4.04. The molecule has 0 aliphatic heterocycles. The Morgan fingerprint density at radius 1 is 0.317 bits per heavy atom. The fraction of sp³-hybridized carbons (Fsp3) is 0. The predicted molar refractivity (Wildman–Crippen MR) is 256 cm³/mol. The smallest absolute Gasteiger partial charge is 0.164 e. The van der Waals surface area contributed by atoms with Gasteiger partial charge in [-0.05, 0) is 70.8 Å². The molecule has 0 atom stereocenters. The average molecular weight is 807 g/mol. The van der Waals surface area contributed by atoms with E-state index in [0.717, 1.165) is 88.4 Å². The van der Waals surface area contributed by atoms with E-state index in [1.165, 1.54) is 21.9 Å². The number of rotatable bonds is 6. The van der Waals surface area contributed by atoms with E-state index in [4.69, 9.17) is 23.8 Å². The van der Waals surface area contributed by atoms with Crippen molar-refractivity contribution < 1.29 is 8.83 Å². The molecule has 0 N–H and O–H groups in total. The van der Waals surface area contributed by atoms with Gasteiger partial charge in [0.2, 0.25) is 0 Å². The highest BCUT2D eigenvalue weighted by molar-refractivity contribution is 6.16. The first kappa shape index (κ1) is 35.2. The van der Waals surface area contributed by atoms with Crippen molar-refractivity contribution >= 4 is 65.7 Å². The van der Waals surface area contributed by atoms with E-state index < -0.39 is 0 Å². The highest BCUT2D eigenvalue weighted by Crippen LogP contribution is 2.42. The van der Waals surface area contributed by atoms with Crippen molar-refractivity contribution in [1.82, 2.24) is 19.5 Å². The summed E-state index contributed by atoms with van der Waals surface area (Å²) in [6, 6.07) is 71.4. The van der Waals surface area contributed by atoms with Crippen LogP contribution in [0.3, 0.4) is 0 Å². The first-order valence-electron chi connectivity index (χ1n) is 21.1. The number of aromatic nitrogens is 4. The standard InChI is InChI=1S/C57H34N4O2/c1-3-15-35(16-4-1)37-19-11-20-38(33-37)40-23-13-29-49-52(40)43-32-31-39(34-51(43)62-49)56-58-55(36-17-5-2-6-18-36)59-57(60-56)45-25-14-30-50-53(45)44-24-12-28-48(54(44)63-50)61-46-26-9-7-21-41(46)42-22-8-10-27-47(42)61/h1-34H. The Bertz CT molecular complexity index is 3870. The molecule has 0 saturated heterocycles. The van der Waals surface area contributed by atoms with E-state index in [1.807, 2.05) is 54.6 Å². The Balaban J connectivity index is 0.978. The zero-order valence-corrected chi connectivity index (χ0v) is 33.7. The van der Waals surface area contributed by atoms with Gasteiger partial charge in [0.1, 0.15) is 16.7 Å². The van der Waals surface area contributed by atoms with Crippen LogP contribution in [0.25, 0.3) is 128 Å². The van der Waals surface area contributed by atoms with Crippen molar-refractivity contribution in [3.63, 3.8) is 0 Å². The van der Waals surface area contributed by atoms with Crippen molar-refractivity contribution in [3.05, 3.63) is 206 Å². The molecule has 9 aromatic carbocycles. The van der Waals surface area contributed by atoms with E-state index in [1.54, 1.807) is 0 Å². The molecule has 13 rings (SSSR count). The summed E-state index contributed by atoms with van der Waals surface area (Å²) >= 11 is 0. The van der Waals surface area contributed by atoms with Gasteiger partial charge in [0, 0.05) is 49.0 Å². The van der Waals surface area contributed by atoms with Crippen LogP contribution in [0.5, 0.6) is 0 Å². The second-order valence-electron chi connectivity index (χ2n) is 15.9. The monoisotopic (exact) mass is 806 g/mol. The third-order valence-corrected chi connectivity index (χ3v) is 12.3. The van der Waals surface area contributed by atoms with Gasteiger partial charge >= 0.3 is 0 Å². The van der Waals surface area contributed by atoms with Crippen molar-refractivity contribution in [3.8, 4) is 62.1 Å². The number of hydrogen-bond donors (Lipinski definition) is 0.